The topological polar surface area (TPSA) is 72.2 Å². The van der Waals surface area contributed by atoms with E-state index in [0.717, 1.165) is 4.90 Å². The lowest BCUT2D eigenvalue weighted by molar-refractivity contribution is -0.384. The Labute approximate surface area is 152 Å². The predicted molar refractivity (Wildman–Crippen MR) is 98.4 cm³/mol. The number of nitro benzene ring substituents is 1. The van der Waals surface area contributed by atoms with Gasteiger partial charge in [0, 0.05) is 27.8 Å². The number of amides is 1. The highest BCUT2D eigenvalue weighted by atomic mass is 35.5. The summed E-state index contributed by atoms with van der Waals surface area (Å²) in [6.45, 7) is 3.65. The van der Waals surface area contributed by atoms with E-state index >= 15 is 0 Å². The molecule has 0 fully saturated rings. The average molecular weight is 383 g/mol. The van der Waals surface area contributed by atoms with Crippen LogP contribution in [0.4, 0.5) is 11.4 Å². The summed E-state index contributed by atoms with van der Waals surface area (Å²) in [7, 11) is 0. The molecule has 8 heteroatoms. The highest BCUT2D eigenvalue weighted by molar-refractivity contribution is 7.99. The van der Waals surface area contributed by atoms with Crippen LogP contribution < -0.4 is 5.32 Å². The molecule has 2 rings (SSSR count). The lowest BCUT2D eigenvalue weighted by Crippen LogP contribution is -2.13. The molecule has 2 aromatic carbocycles. The molecule has 0 atom stereocenters. The van der Waals surface area contributed by atoms with Crippen molar-refractivity contribution in [3.8, 4) is 0 Å². The molecule has 1 amide bonds. The first kappa shape index (κ1) is 18.3. The van der Waals surface area contributed by atoms with Crippen molar-refractivity contribution in [1.82, 2.24) is 0 Å². The quantitative estimate of drug-likeness (QED) is 0.312. The van der Waals surface area contributed by atoms with E-state index in [4.69, 9.17) is 23.2 Å². The Hall–Kier alpha value is -2.02. The molecule has 5 nitrogen and oxygen atoms in total. The number of hydrogen-bond acceptors (Lipinski definition) is 4. The highest BCUT2D eigenvalue weighted by Crippen LogP contribution is 2.30. The van der Waals surface area contributed by atoms with Gasteiger partial charge in [0.25, 0.3) is 11.6 Å². The number of carbonyl (C=O) groups excluding carboxylic acids is 1. The maximum Gasteiger partial charge on any atom is 0.271 e. The van der Waals surface area contributed by atoms with Gasteiger partial charge in [0.15, 0.2) is 0 Å². The predicted octanol–water partition coefficient (Wildman–Crippen LogP) is 5.43. The van der Waals surface area contributed by atoms with E-state index in [9.17, 15) is 14.9 Å². The van der Waals surface area contributed by atoms with E-state index in [1.165, 1.54) is 30.0 Å². The highest BCUT2D eigenvalue weighted by Gasteiger charge is 2.16. The minimum Gasteiger partial charge on any atom is -0.321 e. The monoisotopic (exact) mass is 382 g/mol. The van der Waals surface area contributed by atoms with Crippen LogP contribution in [0.3, 0.4) is 0 Å². The zero-order chi connectivity index (χ0) is 17.7. The fourth-order valence-electron chi connectivity index (χ4n) is 1.86. The van der Waals surface area contributed by atoms with E-state index in [0.29, 0.717) is 16.3 Å². The summed E-state index contributed by atoms with van der Waals surface area (Å²) in [6, 6.07) is 8.85. The van der Waals surface area contributed by atoms with E-state index in [-0.39, 0.29) is 16.4 Å². The van der Waals surface area contributed by atoms with Crippen molar-refractivity contribution in [3.05, 3.63) is 74.8 Å². The number of thioether (sulfide) groups is 1. The zero-order valence-corrected chi connectivity index (χ0v) is 14.6. The van der Waals surface area contributed by atoms with E-state index in [1.807, 2.05) is 0 Å². The molecule has 1 N–H and O–H groups in total. The summed E-state index contributed by atoms with van der Waals surface area (Å²) in [4.78, 5) is 23.4. The van der Waals surface area contributed by atoms with Crippen molar-refractivity contribution in [3.63, 3.8) is 0 Å². The Balaban J connectivity index is 2.28. The zero-order valence-electron chi connectivity index (χ0n) is 12.3. The summed E-state index contributed by atoms with van der Waals surface area (Å²) in [5.41, 5.74) is 0.527. The molecule has 0 unspecified atom stereocenters. The third kappa shape index (κ3) is 4.50. The van der Waals surface area contributed by atoms with Gasteiger partial charge in [0.05, 0.1) is 21.2 Å². The third-order valence-electron chi connectivity index (χ3n) is 2.95. The Morgan fingerprint density at radius 3 is 2.67 bits per heavy atom. The molecule has 0 aromatic heterocycles. The Bertz CT molecular complexity index is 812. The Kier molecular flexibility index (Phi) is 6.25. The number of non-ortho nitro benzene ring substituents is 1. The van der Waals surface area contributed by atoms with Gasteiger partial charge >= 0.3 is 0 Å². The molecule has 24 heavy (non-hydrogen) atoms. The summed E-state index contributed by atoms with van der Waals surface area (Å²) in [6.07, 6.45) is 1.73. The van der Waals surface area contributed by atoms with Crippen LogP contribution in [-0.2, 0) is 0 Å². The van der Waals surface area contributed by atoms with Gasteiger partial charge in [-0.3, -0.25) is 14.9 Å². The number of nitrogens with zero attached hydrogens (tertiary/aromatic N) is 1. The van der Waals surface area contributed by atoms with Crippen LogP contribution >= 0.6 is 35.0 Å². The molecule has 0 spiro atoms. The van der Waals surface area contributed by atoms with E-state index in [2.05, 4.69) is 11.9 Å². The van der Waals surface area contributed by atoms with Crippen molar-refractivity contribution in [2.45, 2.75) is 4.90 Å². The number of carbonyl (C=O) groups is 1. The van der Waals surface area contributed by atoms with Gasteiger partial charge in [-0.1, -0.05) is 29.3 Å². The van der Waals surface area contributed by atoms with Crippen LogP contribution in [0.5, 0.6) is 0 Å². The minimum atomic E-state index is -0.557. The lowest BCUT2D eigenvalue weighted by atomic mass is 10.2. The smallest absolute Gasteiger partial charge is 0.271 e. The number of nitrogens with one attached hydrogen (secondary N) is 1. The Morgan fingerprint density at radius 1 is 1.29 bits per heavy atom. The number of benzene rings is 2. The number of anilines is 1. The number of halogens is 2. The van der Waals surface area contributed by atoms with Gasteiger partial charge in [-0.15, -0.1) is 18.3 Å². The second kappa shape index (κ2) is 8.19. The molecule has 2 aromatic rings. The second-order valence-electron chi connectivity index (χ2n) is 4.62. The first-order chi connectivity index (χ1) is 11.4. The number of nitro groups is 1. The molecular weight excluding hydrogens is 371 g/mol. The van der Waals surface area contributed by atoms with Crippen LogP contribution in [-0.4, -0.2) is 16.6 Å². The van der Waals surface area contributed by atoms with Gasteiger partial charge in [-0.25, -0.2) is 0 Å². The van der Waals surface area contributed by atoms with Gasteiger partial charge < -0.3 is 5.32 Å². The van der Waals surface area contributed by atoms with Gasteiger partial charge in [0.1, 0.15) is 0 Å². The van der Waals surface area contributed by atoms with Crippen LogP contribution in [0.15, 0.2) is 53.9 Å². The molecule has 0 radical (unpaired) electrons. The van der Waals surface area contributed by atoms with Crippen molar-refractivity contribution in [2.75, 3.05) is 11.1 Å². The van der Waals surface area contributed by atoms with Gasteiger partial charge in [0.2, 0.25) is 0 Å². The van der Waals surface area contributed by atoms with E-state index < -0.39 is 10.8 Å². The van der Waals surface area contributed by atoms with E-state index in [1.54, 1.807) is 24.3 Å². The molecule has 0 heterocycles. The minimum absolute atomic E-state index is 0.0832. The molecular formula is C16H12Cl2N2O3S. The van der Waals surface area contributed by atoms with Crippen LogP contribution in [0.25, 0.3) is 0 Å². The molecule has 0 bridgehead atoms. The van der Waals surface area contributed by atoms with Crippen LogP contribution in [0.2, 0.25) is 10.0 Å². The standard InChI is InChI=1S/C16H12Cl2N2O3S/c1-2-7-24-15-6-3-10(17)8-12(15)16(21)19-14-5-4-11(20(22)23)9-13(14)18/h2-6,8-9H,1,7H2,(H,19,21). The van der Waals surface area contributed by atoms with Gasteiger partial charge in [-0.05, 0) is 24.3 Å². The average Bonchev–Trinajstić information content (AvgIpc) is 2.55. The molecule has 0 aliphatic heterocycles. The van der Waals surface area contributed by atoms with Crippen LogP contribution in [0.1, 0.15) is 10.4 Å². The maximum atomic E-state index is 12.5. The molecule has 0 saturated heterocycles. The maximum absolute atomic E-state index is 12.5. The lowest BCUT2D eigenvalue weighted by Gasteiger charge is -2.11. The summed E-state index contributed by atoms with van der Waals surface area (Å²) >= 11 is 13.4. The number of hydrogen-bond donors (Lipinski definition) is 1. The summed E-state index contributed by atoms with van der Waals surface area (Å²) in [5, 5.41) is 13.9. The fraction of sp³-hybridized carbons (Fsp3) is 0.0625. The van der Waals surface area contributed by atoms with Crippen molar-refractivity contribution >= 4 is 52.2 Å². The molecule has 0 aliphatic rings. The number of rotatable bonds is 6. The molecule has 0 saturated carbocycles. The first-order valence-corrected chi connectivity index (χ1v) is 8.45. The first-order valence-electron chi connectivity index (χ1n) is 6.71. The third-order valence-corrected chi connectivity index (χ3v) is 4.57. The van der Waals surface area contributed by atoms with Crippen LogP contribution in [0, 0.1) is 10.1 Å². The van der Waals surface area contributed by atoms with Crippen molar-refractivity contribution in [1.29, 1.82) is 0 Å². The largest absolute Gasteiger partial charge is 0.321 e. The van der Waals surface area contributed by atoms with Gasteiger partial charge in [-0.2, -0.15) is 0 Å². The molecule has 124 valence electrons. The normalized spacial score (nSPS) is 10.2. The fourth-order valence-corrected chi connectivity index (χ4v) is 3.03. The van der Waals surface area contributed by atoms with Crippen molar-refractivity contribution in [2.24, 2.45) is 0 Å². The van der Waals surface area contributed by atoms with Crippen molar-refractivity contribution < 1.29 is 9.72 Å². The Morgan fingerprint density at radius 2 is 2.04 bits per heavy atom. The summed E-state index contributed by atoms with van der Waals surface area (Å²) < 4.78 is 0. The molecule has 0 aliphatic carbocycles. The summed E-state index contributed by atoms with van der Waals surface area (Å²) in [5.74, 6) is 0.236. The second-order valence-corrected chi connectivity index (χ2v) is 6.52. The SMILES string of the molecule is C=CCSc1ccc(Cl)cc1C(=O)Nc1ccc([N+](=O)[O-])cc1Cl.